The summed E-state index contributed by atoms with van der Waals surface area (Å²) in [4.78, 5) is 23.6. The Morgan fingerprint density at radius 2 is 1.62 bits per heavy atom. The zero-order valence-corrected chi connectivity index (χ0v) is 15.9. The van der Waals surface area contributed by atoms with E-state index < -0.39 is 0 Å². The number of nitrogens with zero attached hydrogens (tertiary/aromatic N) is 4. The highest BCUT2D eigenvalue weighted by Gasteiger charge is 2.30. The number of hydrogen-bond acceptors (Lipinski definition) is 3. The molecule has 0 spiro atoms. The third-order valence-corrected chi connectivity index (χ3v) is 5.15. The van der Waals surface area contributed by atoms with Gasteiger partial charge in [-0.25, -0.2) is 0 Å². The molecule has 2 aliphatic rings. The third-order valence-electron chi connectivity index (χ3n) is 5.15. The van der Waals surface area contributed by atoms with Crippen LogP contribution in [0, 0.1) is 5.92 Å². The Morgan fingerprint density at radius 3 is 2.17 bits per heavy atom. The van der Waals surface area contributed by atoms with Gasteiger partial charge in [0.15, 0.2) is 5.96 Å². The highest BCUT2D eigenvalue weighted by atomic mass is 16.2. The molecule has 0 radical (unpaired) electrons. The summed E-state index contributed by atoms with van der Waals surface area (Å²) in [5, 5.41) is 3.46. The molecule has 2 heterocycles. The molecule has 6 heteroatoms. The molecule has 2 fully saturated rings. The molecular weight excluding hydrogens is 302 g/mol. The molecular formula is C18H35N5O. The van der Waals surface area contributed by atoms with E-state index in [1.807, 2.05) is 11.9 Å². The maximum Gasteiger partial charge on any atom is 0.239 e. The molecule has 2 saturated heterocycles. The molecule has 0 aliphatic carbocycles. The largest absolute Gasteiger partial charge is 0.356 e. The summed E-state index contributed by atoms with van der Waals surface area (Å²) >= 11 is 0. The van der Waals surface area contributed by atoms with Crippen molar-refractivity contribution in [1.82, 2.24) is 20.0 Å². The SMILES string of the molecule is CN=C(NCCC(C)C)N1CCN(C(C)C(=O)N2CCCC2)CC1. The Labute approximate surface area is 147 Å². The van der Waals surface area contributed by atoms with Crippen LogP contribution >= 0.6 is 0 Å². The number of carbonyl (C=O) groups is 1. The second-order valence-corrected chi connectivity index (χ2v) is 7.39. The molecule has 2 aliphatic heterocycles. The van der Waals surface area contributed by atoms with Crippen LogP contribution in [0.5, 0.6) is 0 Å². The van der Waals surface area contributed by atoms with Gasteiger partial charge in [-0.1, -0.05) is 13.8 Å². The van der Waals surface area contributed by atoms with E-state index in [1.54, 1.807) is 0 Å². The lowest BCUT2D eigenvalue weighted by atomic mass is 10.1. The number of aliphatic imine (C=N–C) groups is 1. The van der Waals surface area contributed by atoms with Crippen molar-refractivity contribution in [2.24, 2.45) is 10.9 Å². The number of carbonyl (C=O) groups excluding carboxylic acids is 1. The minimum absolute atomic E-state index is 0.00108. The number of likely N-dealkylation sites (tertiary alicyclic amines) is 1. The zero-order valence-electron chi connectivity index (χ0n) is 15.9. The van der Waals surface area contributed by atoms with Gasteiger partial charge in [-0.15, -0.1) is 0 Å². The number of rotatable bonds is 5. The minimum atomic E-state index is 0.00108. The van der Waals surface area contributed by atoms with Gasteiger partial charge in [0.1, 0.15) is 0 Å². The Kier molecular flexibility index (Phi) is 7.34. The highest BCUT2D eigenvalue weighted by Crippen LogP contribution is 2.14. The van der Waals surface area contributed by atoms with Crippen LogP contribution in [-0.2, 0) is 4.79 Å². The molecule has 2 rings (SSSR count). The Bertz CT molecular complexity index is 423. The van der Waals surface area contributed by atoms with E-state index >= 15 is 0 Å². The number of guanidine groups is 1. The van der Waals surface area contributed by atoms with Crippen LogP contribution in [-0.4, -0.2) is 85.5 Å². The normalized spacial score (nSPS) is 21.5. The summed E-state index contributed by atoms with van der Waals surface area (Å²) in [7, 11) is 1.85. The van der Waals surface area contributed by atoms with Gasteiger partial charge in [0.2, 0.25) is 5.91 Å². The molecule has 0 aromatic carbocycles. The number of nitrogens with one attached hydrogen (secondary N) is 1. The summed E-state index contributed by atoms with van der Waals surface area (Å²) in [5.41, 5.74) is 0. The van der Waals surface area contributed by atoms with Crippen LogP contribution < -0.4 is 5.32 Å². The van der Waals surface area contributed by atoms with Gasteiger partial charge in [-0.2, -0.15) is 0 Å². The first-order valence-corrected chi connectivity index (χ1v) is 9.51. The lowest BCUT2D eigenvalue weighted by Crippen LogP contribution is -2.57. The van der Waals surface area contributed by atoms with Crippen LogP contribution in [0.1, 0.15) is 40.0 Å². The lowest BCUT2D eigenvalue weighted by Gasteiger charge is -2.39. The standard InChI is InChI=1S/C18H35N5O/c1-15(2)7-8-20-18(19-4)23-13-11-21(12-14-23)16(3)17(24)22-9-5-6-10-22/h15-16H,5-14H2,1-4H3,(H,19,20). The van der Waals surface area contributed by atoms with Gasteiger partial charge in [0.05, 0.1) is 6.04 Å². The summed E-state index contributed by atoms with van der Waals surface area (Å²) < 4.78 is 0. The quantitative estimate of drug-likeness (QED) is 0.606. The van der Waals surface area contributed by atoms with Crippen molar-refractivity contribution in [2.45, 2.75) is 46.1 Å². The van der Waals surface area contributed by atoms with Crippen LogP contribution in [0.25, 0.3) is 0 Å². The molecule has 1 unspecified atom stereocenters. The van der Waals surface area contributed by atoms with E-state index in [4.69, 9.17) is 0 Å². The second-order valence-electron chi connectivity index (χ2n) is 7.39. The van der Waals surface area contributed by atoms with Crippen molar-refractivity contribution in [3.8, 4) is 0 Å². The molecule has 1 N–H and O–H groups in total. The second kappa shape index (κ2) is 9.25. The highest BCUT2D eigenvalue weighted by molar-refractivity contribution is 5.82. The Morgan fingerprint density at radius 1 is 1.00 bits per heavy atom. The van der Waals surface area contributed by atoms with E-state index in [1.165, 1.54) is 0 Å². The topological polar surface area (TPSA) is 51.2 Å². The molecule has 0 aromatic rings. The van der Waals surface area contributed by atoms with Crippen LogP contribution in [0.3, 0.4) is 0 Å². The first-order chi connectivity index (χ1) is 11.5. The summed E-state index contributed by atoms with van der Waals surface area (Å²) in [6, 6.07) is 0.00108. The van der Waals surface area contributed by atoms with Gasteiger partial charge in [0, 0.05) is 52.9 Å². The van der Waals surface area contributed by atoms with E-state index in [9.17, 15) is 4.79 Å². The number of hydrogen-bond donors (Lipinski definition) is 1. The van der Waals surface area contributed by atoms with Gasteiger partial charge in [-0.3, -0.25) is 14.7 Å². The molecule has 24 heavy (non-hydrogen) atoms. The van der Waals surface area contributed by atoms with Crippen molar-refractivity contribution in [3.63, 3.8) is 0 Å². The Balaban J connectivity index is 1.78. The summed E-state index contributed by atoms with van der Waals surface area (Å²) in [5.74, 6) is 2.00. The van der Waals surface area contributed by atoms with Crippen LogP contribution in [0.4, 0.5) is 0 Å². The van der Waals surface area contributed by atoms with Gasteiger partial charge < -0.3 is 15.1 Å². The molecule has 138 valence electrons. The van der Waals surface area contributed by atoms with Crippen molar-refractivity contribution >= 4 is 11.9 Å². The third kappa shape index (κ3) is 5.10. The molecule has 1 amide bonds. The molecule has 6 nitrogen and oxygen atoms in total. The maximum absolute atomic E-state index is 12.6. The molecule has 0 bridgehead atoms. The number of piperazine rings is 1. The summed E-state index contributed by atoms with van der Waals surface area (Å²) in [6.45, 7) is 13.1. The number of amides is 1. The maximum atomic E-state index is 12.6. The zero-order chi connectivity index (χ0) is 17.5. The minimum Gasteiger partial charge on any atom is -0.356 e. The van der Waals surface area contributed by atoms with E-state index in [0.717, 1.165) is 71.0 Å². The van der Waals surface area contributed by atoms with E-state index in [2.05, 4.69) is 40.9 Å². The monoisotopic (exact) mass is 337 g/mol. The van der Waals surface area contributed by atoms with E-state index in [-0.39, 0.29) is 6.04 Å². The van der Waals surface area contributed by atoms with Crippen LogP contribution in [0.15, 0.2) is 4.99 Å². The predicted molar refractivity (Wildman–Crippen MR) is 99.2 cm³/mol. The van der Waals surface area contributed by atoms with E-state index in [0.29, 0.717) is 11.8 Å². The predicted octanol–water partition coefficient (Wildman–Crippen LogP) is 1.24. The van der Waals surface area contributed by atoms with Gasteiger partial charge >= 0.3 is 0 Å². The molecule has 0 aromatic heterocycles. The smallest absolute Gasteiger partial charge is 0.239 e. The molecule has 0 saturated carbocycles. The molecule has 1 atom stereocenters. The fraction of sp³-hybridized carbons (Fsp3) is 0.889. The van der Waals surface area contributed by atoms with Crippen molar-refractivity contribution in [3.05, 3.63) is 0 Å². The average molecular weight is 338 g/mol. The lowest BCUT2D eigenvalue weighted by molar-refractivity contribution is -0.135. The van der Waals surface area contributed by atoms with Crippen molar-refractivity contribution in [1.29, 1.82) is 0 Å². The average Bonchev–Trinajstić information content (AvgIpc) is 3.12. The Hall–Kier alpha value is -1.30. The van der Waals surface area contributed by atoms with Crippen molar-refractivity contribution in [2.75, 3.05) is 52.9 Å². The first kappa shape index (κ1) is 19.0. The van der Waals surface area contributed by atoms with Gasteiger partial charge in [0.25, 0.3) is 0 Å². The first-order valence-electron chi connectivity index (χ1n) is 9.51. The summed E-state index contributed by atoms with van der Waals surface area (Å²) in [6.07, 6.45) is 3.47. The fourth-order valence-corrected chi connectivity index (χ4v) is 3.48. The van der Waals surface area contributed by atoms with Gasteiger partial charge in [-0.05, 0) is 32.1 Å². The van der Waals surface area contributed by atoms with Crippen LogP contribution in [0.2, 0.25) is 0 Å². The fourth-order valence-electron chi connectivity index (χ4n) is 3.48. The van der Waals surface area contributed by atoms with Crippen molar-refractivity contribution < 1.29 is 4.79 Å².